The lowest BCUT2D eigenvalue weighted by molar-refractivity contribution is 0.140. The van der Waals surface area contributed by atoms with E-state index in [1.807, 2.05) is 0 Å². The molecule has 1 saturated carbocycles. The van der Waals surface area contributed by atoms with Crippen molar-refractivity contribution in [1.29, 1.82) is 0 Å². The third-order valence-electron chi connectivity index (χ3n) is 4.63. The van der Waals surface area contributed by atoms with E-state index < -0.39 is 0 Å². The van der Waals surface area contributed by atoms with Crippen LogP contribution in [0.1, 0.15) is 58.1 Å². The maximum absolute atomic E-state index is 3.68. The Hall–Kier alpha value is -0.860. The molecular weight excluding hydrogens is 256 g/mol. The van der Waals surface area contributed by atoms with Crippen LogP contribution < -0.4 is 5.32 Å². The number of rotatable bonds is 8. The molecule has 0 aliphatic heterocycles. The van der Waals surface area contributed by atoms with Crippen LogP contribution in [0.25, 0.3) is 0 Å². The number of nitrogens with one attached hydrogen (secondary N) is 1. The van der Waals surface area contributed by atoms with E-state index in [2.05, 4.69) is 61.3 Å². The van der Waals surface area contributed by atoms with Gasteiger partial charge in [-0.15, -0.1) is 0 Å². The van der Waals surface area contributed by atoms with Crippen molar-refractivity contribution in [3.8, 4) is 0 Å². The van der Waals surface area contributed by atoms with Gasteiger partial charge in [0.2, 0.25) is 0 Å². The first-order valence-corrected chi connectivity index (χ1v) is 8.73. The highest BCUT2D eigenvalue weighted by molar-refractivity contribution is 5.20. The van der Waals surface area contributed by atoms with Crippen LogP contribution in [0.5, 0.6) is 0 Å². The molecule has 1 aliphatic rings. The minimum Gasteiger partial charge on any atom is -0.315 e. The topological polar surface area (TPSA) is 15.3 Å². The second kappa shape index (κ2) is 8.55. The molecule has 21 heavy (non-hydrogen) atoms. The third-order valence-corrected chi connectivity index (χ3v) is 4.63. The highest BCUT2D eigenvalue weighted by Gasteiger charge is 2.28. The predicted octanol–water partition coefficient (Wildman–Crippen LogP) is 4.24. The molecule has 0 bridgehead atoms. The van der Waals surface area contributed by atoms with Gasteiger partial charge in [-0.3, -0.25) is 4.90 Å². The van der Waals surface area contributed by atoms with Crippen molar-refractivity contribution in [1.82, 2.24) is 10.2 Å². The highest BCUT2D eigenvalue weighted by Crippen LogP contribution is 2.30. The van der Waals surface area contributed by atoms with E-state index in [0.29, 0.717) is 12.0 Å². The van der Waals surface area contributed by atoms with Crippen LogP contribution in [0.2, 0.25) is 0 Å². The zero-order valence-corrected chi connectivity index (χ0v) is 14.0. The number of hydrogen-bond acceptors (Lipinski definition) is 2. The molecule has 1 N–H and O–H groups in total. The van der Waals surface area contributed by atoms with Crippen LogP contribution in [0.3, 0.4) is 0 Å². The lowest BCUT2D eigenvalue weighted by Gasteiger charge is -2.36. The van der Waals surface area contributed by atoms with Gasteiger partial charge in [0, 0.05) is 18.6 Å². The fraction of sp³-hybridized carbons (Fsp3) is 0.684. The fourth-order valence-electron chi connectivity index (χ4n) is 3.58. The summed E-state index contributed by atoms with van der Waals surface area (Å²) in [5, 5.41) is 3.68. The van der Waals surface area contributed by atoms with Crippen molar-refractivity contribution in [3.05, 3.63) is 35.9 Å². The molecule has 1 aromatic carbocycles. The van der Waals surface area contributed by atoms with Crippen LogP contribution >= 0.6 is 0 Å². The summed E-state index contributed by atoms with van der Waals surface area (Å²) in [5.74, 6) is 0.711. The van der Waals surface area contributed by atoms with Gasteiger partial charge >= 0.3 is 0 Å². The van der Waals surface area contributed by atoms with Gasteiger partial charge in [0.1, 0.15) is 0 Å². The van der Waals surface area contributed by atoms with Gasteiger partial charge in [0.15, 0.2) is 0 Å². The van der Waals surface area contributed by atoms with Gasteiger partial charge in [-0.2, -0.15) is 0 Å². The molecule has 0 aromatic heterocycles. The summed E-state index contributed by atoms with van der Waals surface area (Å²) in [6.45, 7) is 10.2. The number of benzene rings is 1. The summed E-state index contributed by atoms with van der Waals surface area (Å²) in [4.78, 5) is 2.73. The highest BCUT2D eigenvalue weighted by atomic mass is 15.2. The normalized spacial score (nSPS) is 17.8. The van der Waals surface area contributed by atoms with Crippen molar-refractivity contribution < 1.29 is 0 Å². The third kappa shape index (κ3) is 4.82. The Kier molecular flexibility index (Phi) is 6.72. The second-order valence-corrected chi connectivity index (χ2v) is 6.75. The first kappa shape index (κ1) is 16.5. The van der Waals surface area contributed by atoms with Crippen LogP contribution in [-0.4, -0.2) is 30.6 Å². The van der Waals surface area contributed by atoms with Gasteiger partial charge in [-0.1, -0.05) is 63.9 Å². The molecule has 2 heteroatoms. The van der Waals surface area contributed by atoms with E-state index in [-0.39, 0.29) is 0 Å². The smallest absolute Gasteiger partial charge is 0.0475 e. The van der Waals surface area contributed by atoms with Crippen LogP contribution in [0.15, 0.2) is 30.3 Å². The molecule has 1 fully saturated rings. The van der Waals surface area contributed by atoms with Crippen molar-refractivity contribution in [2.75, 3.05) is 19.6 Å². The fourth-order valence-corrected chi connectivity index (χ4v) is 3.58. The van der Waals surface area contributed by atoms with Gasteiger partial charge < -0.3 is 5.32 Å². The summed E-state index contributed by atoms with van der Waals surface area (Å²) >= 11 is 0. The first-order valence-electron chi connectivity index (χ1n) is 8.73. The maximum atomic E-state index is 3.68. The minimum atomic E-state index is 0.512. The van der Waals surface area contributed by atoms with Crippen molar-refractivity contribution in [3.63, 3.8) is 0 Å². The van der Waals surface area contributed by atoms with E-state index >= 15 is 0 Å². The molecule has 1 aliphatic carbocycles. The molecule has 0 heterocycles. The van der Waals surface area contributed by atoms with Gasteiger partial charge in [0.05, 0.1) is 0 Å². The summed E-state index contributed by atoms with van der Waals surface area (Å²) < 4.78 is 0. The SMILES string of the molecule is CCN(C1CCCC1)C(CNCC(C)C)c1ccccc1. The summed E-state index contributed by atoms with van der Waals surface area (Å²) in [6.07, 6.45) is 5.56. The predicted molar refractivity (Wildman–Crippen MR) is 91.5 cm³/mol. The zero-order chi connectivity index (χ0) is 15.1. The molecular formula is C19H32N2. The quantitative estimate of drug-likeness (QED) is 0.770. The molecule has 0 saturated heterocycles. The lowest BCUT2D eigenvalue weighted by atomic mass is 10.0. The Bertz CT molecular complexity index is 382. The zero-order valence-electron chi connectivity index (χ0n) is 14.0. The minimum absolute atomic E-state index is 0.512. The van der Waals surface area contributed by atoms with Crippen LogP contribution in [0, 0.1) is 5.92 Å². The summed E-state index contributed by atoms with van der Waals surface area (Å²) in [5.41, 5.74) is 1.46. The molecule has 0 spiro atoms. The largest absolute Gasteiger partial charge is 0.315 e. The monoisotopic (exact) mass is 288 g/mol. The Morgan fingerprint density at radius 3 is 2.33 bits per heavy atom. The lowest BCUT2D eigenvalue weighted by Crippen LogP contribution is -2.42. The molecule has 0 amide bonds. The second-order valence-electron chi connectivity index (χ2n) is 6.75. The molecule has 2 rings (SSSR count). The average molecular weight is 288 g/mol. The van der Waals surface area contributed by atoms with Crippen molar-refractivity contribution in [2.24, 2.45) is 5.92 Å². The van der Waals surface area contributed by atoms with Gasteiger partial charge in [-0.25, -0.2) is 0 Å². The van der Waals surface area contributed by atoms with Gasteiger partial charge in [0.25, 0.3) is 0 Å². The molecule has 1 unspecified atom stereocenters. The molecule has 118 valence electrons. The summed E-state index contributed by atoms with van der Waals surface area (Å²) in [6, 6.07) is 12.3. The molecule has 1 aromatic rings. The van der Waals surface area contributed by atoms with E-state index in [0.717, 1.165) is 25.7 Å². The maximum Gasteiger partial charge on any atom is 0.0475 e. The van der Waals surface area contributed by atoms with E-state index in [1.165, 1.54) is 31.2 Å². The average Bonchev–Trinajstić information content (AvgIpc) is 3.01. The Balaban J connectivity index is 2.09. The standard InChI is InChI=1S/C19H32N2/c1-4-21(18-12-8-9-13-18)19(15-20-14-16(2)3)17-10-6-5-7-11-17/h5-7,10-11,16,18-20H,4,8-9,12-15H2,1-3H3. The molecule has 0 radical (unpaired) electrons. The number of hydrogen-bond donors (Lipinski definition) is 1. The van der Waals surface area contributed by atoms with E-state index in [4.69, 9.17) is 0 Å². The van der Waals surface area contributed by atoms with Crippen molar-refractivity contribution in [2.45, 2.75) is 58.5 Å². The number of likely N-dealkylation sites (N-methyl/N-ethyl adjacent to an activating group) is 1. The van der Waals surface area contributed by atoms with Crippen molar-refractivity contribution >= 4 is 0 Å². The van der Waals surface area contributed by atoms with Crippen LogP contribution in [0.4, 0.5) is 0 Å². The molecule has 1 atom stereocenters. The Morgan fingerprint density at radius 1 is 1.10 bits per heavy atom. The summed E-state index contributed by atoms with van der Waals surface area (Å²) in [7, 11) is 0. The Labute approximate surface area is 130 Å². The van der Waals surface area contributed by atoms with Gasteiger partial charge in [-0.05, 0) is 37.4 Å². The Morgan fingerprint density at radius 2 is 1.76 bits per heavy atom. The first-order chi connectivity index (χ1) is 10.2. The van der Waals surface area contributed by atoms with Crippen LogP contribution in [-0.2, 0) is 0 Å². The van der Waals surface area contributed by atoms with E-state index in [1.54, 1.807) is 0 Å². The van der Waals surface area contributed by atoms with E-state index in [9.17, 15) is 0 Å². The number of nitrogens with zero attached hydrogens (tertiary/aromatic N) is 1. The molecule has 2 nitrogen and oxygen atoms in total.